The van der Waals surface area contributed by atoms with E-state index in [4.69, 9.17) is 32.7 Å². The van der Waals surface area contributed by atoms with Crippen LogP contribution in [0.4, 0.5) is 0 Å². The highest BCUT2D eigenvalue weighted by Gasteiger charge is 2.07. The monoisotopic (exact) mass is 320 g/mol. The number of methoxy groups -OCH3 is 1. The number of hydrogen-bond acceptors (Lipinski definition) is 4. The van der Waals surface area contributed by atoms with Crippen molar-refractivity contribution in [2.75, 3.05) is 33.5 Å². The maximum atomic E-state index is 11.8. The fourth-order valence-corrected chi connectivity index (χ4v) is 1.93. The van der Waals surface area contributed by atoms with Crippen molar-refractivity contribution in [3.05, 3.63) is 28.0 Å². The Bertz CT molecular complexity index is 410. The number of aromatic nitrogens is 1. The molecule has 1 amide bonds. The molecule has 1 aromatic heterocycles. The summed E-state index contributed by atoms with van der Waals surface area (Å²) in [7, 11) is 1.64. The van der Waals surface area contributed by atoms with Gasteiger partial charge in [-0.3, -0.25) is 4.79 Å². The van der Waals surface area contributed by atoms with Gasteiger partial charge in [0.2, 0.25) is 0 Å². The second kappa shape index (κ2) is 9.94. The Balaban J connectivity index is 2.17. The Morgan fingerprint density at radius 3 is 2.55 bits per heavy atom. The quantitative estimate of drug-likeness (QED) is 0.561. The van der Waals surface area contributed by atoms with Crippen LogP contribution in [0.3, 0.4) is 0 Å². The van der Waals surface area contributed by atoms with E-state index in [0.29, 0.717) is 31.9 Å². The SMILES string of the molecule is COCCOCCCCNC(=O)c1cc(Cl)nc(Cl)c1. The zero-order valence-electron chi connectivity index (χ0n) is 11.3. The number of carbonyl (C=O) groups is 1. The standard InChI is InChI=1S/C13H18Cl2N2O3/c1-19-6-7-20-5-3-2-4-16-13(18)10-8-11(14)17-12(15)9-10/h8-9H,2-7H2,1H3,(H,16,18). The molecule has 0 aromatic carbocycles. The Kier molecular flexibility index (Phi) is 8.53. The molecular weight excluding hydrogens is 303 g/mol. The average Bonchev–Trinajstić information content (AvgIpc) is 2.40. The van der Waals surface area contributed by atoms with Crippen LogP contribution in [0.2, 0.25) is 10.3 Å². The molecule has 0 atom stereocenters. The molecule has 0 saturated carbocycles. The van der Waals surface area contributed by atoms with Crippen molar-refractivity contribution in [2.24, 2.45) is 0 Å². The van der Waals surface area contributed by atoms with E-state index in [1.807, 2.05) is 0 Å². The lowest BCUT2D eigenvalue weighted by molar-refractivity contribution is 0.0686. The molecule has 20 heavy (non-hydrogen) atoms. The zero-order chi connectivity index (χ0) is 14.8. The molecule has 0 aliphatic rings. The van der Waals surface area contributed by atoms with Crippen LogP contribution in [0.15, 0.2) is 12.1 Å². The van der Waals surface area contributed by atoms with Crippen molar-refractivity contribution in [3.63, 3.8) is 0 Å². The van der Waals surface area contributed by atoms with Crippen LogP contribution in [-0.4, -0.2) is 44.4 Å². The van der Waals surface area contributed by atoms with Crippen LogP contribution in [0.25, 0.3) is 0 Å². The highest BCUT2D eigenvalue weighted by atomic mass is 35.5. The molecule has 0 radical (unpaired) electrons. The number of ether oxygens (including phenoxy) is 2. The number of nitrogens with one attached hydrogen (secondary N) is 1. The molecule has 1 N–H and O–H groups in total. The molecule has 5 nitrogen and oxygen atoms in total. The summed E-state index contributed by atoms with van der Waals surface area (Å²) >= 11 is 11.5. The normalized spacial score (nSPS) is 10.6. The largest absolute Gasteiger partial charge is 0.382 e. The summed E-state index contributed by atoms with van der Waals surface area (Å²) in [5, 5.41) is 3.20. The Morgan fingerprint density at radius 2 is 1.90 bits per heavy atom. The highest BCUT2D eigenvalue weighted by Crippen LogP contribution is 2.14. The van der Waals surface area contributed by atoms with Crippen LogP contribution < -0.4 is 5.32 Å². The third-order valence-corrected chi connectivity index (χ3v) is 2.85. The van der Waals surface area contributed by atoms with E-state index < -0.39 is 0 Å². The van der Waals surface area contributed by atoms with Gasteiger partial charge in [-0.15, -0.1) is 0 Å². The molecule has 0 unspecified atom stereocenters. The summed E-state index contributed by atoms with van der Waals surface area (Å²) in [6, 6.07) is 2.97. The molecule has 1 heterocycles. The molecule has 112 valence electrons. The third-order valence-electron chi connectivity index (χ3n) is 2.46. The average molecular weight is 321 g/mol. The van der Waals surface area contributed by atoms with Crippen molar-refractivity contribution < 1.29 is 14.3 Å². The second-order valence-electron chi connectivity index (χ2n) is 4.07. The number of pyridine rings is 1. The molecule has 7 heteroatoms. The van der Waals surface area contributed by atoms with Crippen molar-refractivity contribution in [1.82, 2.24) is 10.3 Å². The molecule has 0 bridgehead atoms. The predicted molar refractivity (Wildman–Crippen MR) is 78.5 cm³/mol. The van der Waals surface area contributed by atoms with E-state index in [1.165, 1.54) is 12.1 Å². The number of nitrogens with zero attached hydrogens (tertiary/aromatic N) is 1. The van der Waals surface area contributed by atoms with Gasteiger partial charge in [0.25, 0.3) is 5.91 Å². The maximum Gasteiger partial charge on any atom is 0.251 e. The Hall–Kier alpha value is -0.880. The minimum absolute atomic E-state index is 0.203. The lowest BCUT2D eigenvalue weighted by Crippen LogP contribution is -2.24. The summed E-state index contributed by atoms with van der Waals surface area (Å²) < 4.78 is 10.2. The Labute approximate surface area is 128 Å². The van der Waals surface area contributed by atoms with E-state index in [0.717, 1.165) is 12.8 Å². The topological polar surface area (TPSA) is 60.5 Å². The minimum atomic E-state index is -0.212. The molecule has 1 aromatic rings. The molecular formula is C13H18Cl2N2O3. The molecule has 0 spiro atoms. The molecule has 0 aliphatic carbocycles. The van der Waals surface area contributed by atoms with Gasteiger partial charge < -0.3 is 14.8 Å². The summed E-state index contributed by atoms with van der Waals surface area (Å²) in [5.74, 6) is -0.212. The lowest BCUT2D eigenvalue weighted by Gasteiger charge is -2.06. The molecule has 0 saturated heterocycles. The van der Waals surface area contributed by atoms with Gasteiger partial charge in [-0.05, 0) is 25.0 Å². The van der Waals surface area contributed by atoms with Crippen LogP contribution in [0.1, 0.15) is 23.2 Å². The Morgan fingerprint density at radius 1 is 1.20 bits per heavy atom. The molecule has 0 aliphatic heterocycles. The zero-order valence-corrected chi connectivity index (χ0v) is 12.8. The summed E-state index contributed by atoms with van der Waals surface area (Å²) in [4.78, 5) is 15.6. The summed E-state index contributed by atoms with van der Waals surface area (Å²) in [6.07, 6.45) is 1.72. The number of hydrogen-bond donors (Lipinski definition) is 1. The highest BCUT2D eigenvalue weighted by molar-refractivity contribution is 6.33. The predicted octanol–water partition coefficient (Wildman–Crippen LogP) is 2.56. The molecule has 1 rings (SSSR count). The maximum absolute atomic E-state index is 11.8. The first-order chi connectivity index (χ1) is 9.63. The number of halogens is 2. The van der Waals surface area contributed by atoms with Crippen LogP contribution in [-0.2, 0) is 9.47 Å². The van der Waals surface area contributed by atoms with Gasteiger partial charge in [-0.2, -0.15) is 0 Å². The smallest absolute Gasteiger partial charge is 0.251 e. The van der Waals surface area contributed by atoms with Gasteiger partial charge in [-0.1, -0.05) is 23.2 Å². The minimum Gasteiger partial charge on any atom is -0.382 e. The number of unbranched alkanes of at least 4 members (excludes halogenated alkanes) is 1. The van der Waals surface area contributed by atoms with Crippen molar-refractivity contribution in [1.29, 1.82) is 0 Å². The lowest BCUT2D eigenvalue weighted by atomic mass is 10.2. The fourth-order valence-electron chi connectivity index (χ4n) is 1.47. The van der Waals surface area contributed by atoms with Crippen LogP contribution >= 0.6 is 23.2 Å². The van der Waals surface area contributed by atoms with Gasteiger partial charge >= 0.3 is 0 Å². The first kappa shape index (κ1) is 17.2. The van der Waals surface area contributed by atoms with E-state index in [2.05, 4.69) is 10.3 Å². The first-order valence-electron chi connectivity index (χ1n) is 6.31. The van der Waals surface area contributed by atoms with Gasteiger partial charge in [0.15, 0.2) is 0 Å². The van der Waals surface area contributed by atoms with Crippen LogP contribution in [0.5, 0.6) is 0 Å². The summed E-state index contributed by atoms with van der Waals surface area (Å²) in [6.45, 7) is 2.42. The van der Waals surface area contributed by atoms with Gasteiger partial charge in [-0.25, -0.2) is 4.98 Å². The van der Waals surface area contributed by atoms with Gasteiger partial charge in [0, 0.05) is 25.8 Å². The van der Waals surface area contributed by atoms with E-state index in [-0.39, 0.29) is 16.2 Å². The van der Waals surface area contributed by atoms with E-state index >= 15 is 0 Å². The van der Waals surface area contributed by atoms with Crippen molar-refractivity contribution in [3.8, 4) is 0 Å². The third kappa shape index (κ3) is 7.05. The van der Waals surface area contributed by atoms with E-state index in [9.17, 15) is 4.79 Å². The summed E-state index contributed by atoms with van der Waals surface area (Å²) in [5.41, 5.74) is 0.409. The second-order valence-corrected chi connectivity index (χ2v) is 4.84. The first-order valence-corrected chi connectivity index (χ1v) is 7.07. The number of amides is 1. The van der Waals surface area contributed by atoms with Crippen molar-refractivity contribution in [2.45, 2.75) is 12.8 Å². The number of rotatable bonds is 9. The van der Waals surface area contributed by atoms with E-state index in [1.54, 1.807) is 7.11 Å². The molecule has 0 fully saturated rings. The van der Waals surface area contributed by atoms with Gasteiger partial charge in [0.1, 0.15) is 10.3 Å². The van der Waals surface area contributed by atoms with Gasteiger partial charge in [0.05, 0.1) is 13.2 Å². The van der Waals surface area contributed by atoms with Crippen LogP contribution in [0, 0.1) is 0 Å². The number of carbonyl (C=O) groups excluding carboxylic acids is 1. The van der Waals surface area contributed by atoms with Crippen molar-refractivity contribution >= 4 is 29.1 Å². The fraction of sp³-hybridized carbons (Fsp3) is 0.538.